The molecule has 0 aliphatic carbocycles. The van der Waals surface area contributed by atoms with E-state index in [0.29, 0.717) is 12.0 Å². The lowest BCUT2D eigenvalue weighted by Gasteiger charge is -2.32. The van der Waals surface area contributed by atoms with Gasteiger partial charge in [0.15, 0.2) is 0 Å². The van der Waals surface area contributed by atoms with Crippen molar-refractivity contribution in [3.63, 3.8) is 0 Å². The number of carbonyl (C=O) groups excluding carboxylic acids is 2. The Morgan fingerprint density at radius 1 is 0.949 bits per heavy atom. The fraction of sp³-hybridized carbons (Fsp3) is 0.286. The van der Waals surface area contributed by atoms with E-state index in [9.17, 15) is 22.4 Å². The number of anilines is 1. The first-order chi connectivity index (χ1) is 18.4. The molecule has 3 aromatic carbocycles. The van der Waals surface area contributed by atoms with Crippen molar-refractivity contribution in [2.45, 2.75) is 50.7 Å². The highest BCUT2D eigenvalue weighted by Gasteiger charge is 2.33. The summed E-state index contributed by atoms with van der Waals surface area (Å²) in [5, 5.41) is 3.19. The quantitative estimate of drug-likeness (QED) is 0.311. The van der Waals surface area contributed by atoms with Gasteiger partial charge in [0.25, 0.3) is 10.0 Å². The number of carbonyl (C=O) groups is 2. The Morgan fingerprint density at radius 3 is 2.18 bits per heavy atom. The second kappa shape index (κ2) is 13.3. The summed E-state index contributed by atoms with van der Waals surface area (Å²) in [6.45, 7) is 4.65. The number of hydrogen-bond acceptors (Lipinski definition) is 4. The molecule has 3 rings (SSSR count). The summed E-state index contributed by atoms with van der Waals surface area (Å²) in [7, 11) is -4.23. The molecular weight excluding hydrogens is 564 g/mol. The molecule has 7 nitrogen and oxygen atoms in total. The third-order valence-electron chi connectivity index (χ3n) is 6.24. The van der Waals surface area contributed by atoms with Crippen molar-refractivity contribution >= 4 is 50.7 Å². The molecule has 208 valence electrons. The maximum absolute atomic E-state index is 13.8. The maximum atomic E-state index is 13.8. The van der Waals surface area contributed by atoms with Crippen LogP contribution in [0.3, 0.4) is 0 Å². The summed E-state index contributed by atoms with van der Waals surface area (Å²) in [6, 6.07) is 16.4. The van der Waals surface area contributed by atoms with E-state index in [1.54, 1.807) is 25.1 Å². The zero-order valence-electron chi connectivity index (χ0n) is 21.8. The Morgan fingerprint density at radius 2 is 1.59 bits per heavy atom. The second-order valence-corrected chi connectivity index (χ2v) is 11.7. The lowest BCUT2D eigenvalue weighted by atomic mass is 10.1. The number of sulfonamides is 1. The molecular formula is C28H30Cl2FN3O4S. The van der Waals surface area contributed by atoms with Gasteiger partial charge in [0.05, 0.1) is 20.6 Å². The third kappa shape index (κ3) is 7.71. The van der Waals surface area contributed by atoms with Crippen molar-refractivity contribution in [1.29, 1.82) is 0 Å². The van der Waals surface area contributed by atoms with Crippen LogP contribution in [0.5, 0.6) is 0 Å². The van der Waals surface area contributed by atoms with Crippen LogP contribution >= 0.6 is 23.2 Å². The minimum absolute atomic E-state index is 0.0310. The van der Waals surface area contributed by atoms with Crippen molar-refractivity contribution in [2.75, 3.05) is 10.8 Å². The molecule has 1 N–H and O–H groups in total. The van der Waals surface area contributed by atoms with Crippen molar-refractivity contribution in [2.24, 2.45) is 0 Å². The van der Waals surface area contributed by atoms with E-state index in [1.165, 1.54) is 59.5 Å². The number of benzene rings is 3. The van der Waals surface area contributed by atoms with E-state index in [0.717, 1.165) is 4.31 Å². The zero-order valence-corrected chi connectivity index (χ0v) is 24.1. The Labute approximate surface area is 238 Å². The summed E-state index contributed by atoms with van der Waals surface area (Å²) in [5.74, 6) is -1.48. The van der Waals surface area contributed by atoms with Gasteiger partial charge in [-0.3, -0.25) is 13.9 Å². The van der Waals surface area contributed by atoms with Crippen LogP contribution in [0.4, 0.5) is 10.1 Å². The van der Waals surface area contributed by atoms with E-state index in [1.807, 2.05) is 13.8 Å². The van der Waals surface area contributed by atoms with Crippen molar-refractivity contribution in [3.05, 3.63) is 94.2 Å². The molecule has 0 bridgehead atoms. The monoisotopic (exact) mass is 593 g/mol. The Bertz CT molecular complexity index is 1410. The minimum atomic E-state index is -4.23. The predicted molar refractivity (Wildman–Crippen MR) is 152 cm³/mol. The highest BCUT2D eigenvalue weighted by Crippen LogP contribution is 2.31. The Hall–Kier alpha value is -3.14. The molecule has 39 heavy (non-hydrogen) atoms. The zero-order chi connectivity index (χ0) is 28.7. The number of amides is 2. The first kappa shape index (κ1) is 30.4. The van der Waals surface area contributed by atoms with Crippen LogP contribution < -0.4 is 9.62 Å². The minimum Gasteiger partial charge on any atom is -0.352 e. The summed E-state index contributed by atoms with van der Waals surface area (Å²) >= 11 is 12.3. The van der Waals surface area contributed by atoms with Gasteiger partial charge in [-0.25, -0.2) is 12.8 Å². The van der Waals surface area contributed by atoms with E-state index in [4.69, 9.17) is 23.2 Å². The lowest BCUT2D eigenvalue weighted by Crippen LogP contribution is -2.52. The van der Waals surface area contributed by atoms with Crippen LogP contribution in [0.25, 0.3) is 0 Å². The van der Waals surface area contributed by atoms with Crippen molar-refractivity contribution in [3.8, 4) is 0 Å². The smallest absolute Gasteiger partial charge is 0.264 e. The van der Waals surface area contributed by atoms with E-state index in [-0.39, 0.29) is 33.2 Å². The van der Waals surface area contributed by atoms with Crippen LogP contribution in [0.15, 0.2) is 77.7 Å². The van der Waals surface area contributed by atoms with Crippen molar-refractivity contribution < 1.29 is 22.4 Å². The topological polar surface area (TPSA) is 86.8 Å². The molecule has 0 unspecified atom stereocenters. The maximum Gasteiger partial charge on any atom is 0.264 e. The summed E-state index contributed by atoms with van der Waals surface area (Å²) in [4.78, 5) is 28.1. The summed E-state index contributed by atoms with van der Waals surface area (Å²) < 4.78 is 41.9. The lowest BCUT2D eigenvalue weighted by molar-refractivity contribution is -0.139. The highest BCUT2D eigenvalue weighted by atomic mass is 35.5. The molecule has 0 aliphatic heterocycles. The van der Waals surface area contributed by atoms with Gasteiger partial charge in [-0.05, 0) is 68.3 Å². The fourth-order valence-corrected chi connectivity index (χ4v) is 5.44. The van der Waals surface area contributed by atoms with Crippen LogP contribution in [0.1, 0.15) is 32.8 Å². The third-order valence-corrected chi connectivity index (χ3v) is 8.76. The molecule has 0 saturated heterocycles. The molecule has 0 aromatic heterocycles. The van der Waals surface area contributed by atoms with Gasteiger partial charge in [-0.2, -0.15) is 0 Å². The molecule has 2 atom stereocenters. The van der Waals surface area contributed by atoms with Crippen LogP contribution in [-0.2, 0) is 26.2 Å². The second-order valence-electron chi connectivity index (χ2n) is 9.07. The number of nitrogens with one attached hydrogen (secondary N) is 1. The van der Waals surface area contributed by atoms with E-state index >= 15 is 0 Å². The largest absolute Gasteiger partial charge is 0.352 e. The Kier molecular flexibility index (Phi) is 10.4. The molecule has 0 saturated carbocycles. The van der Waals surface area contributed by atoms with Gasteiger partial charge in [0.1, 0.15) is 18.4 Å². The van der Waals surface area contributed by atoms with Gasteiger partial charge in [-0.1, -0.05) is 60.5 Å². The van der Waals surface area contributed by atoms with E-state index in [2.05, 4.69) is 5.32 Å². The van der Waals surface area contributed by atoms with E-state index < -0.39 is 40.2 Å². The number of nitrogens with zero attached hydrogens (tertiary/aromatic N) is 2. The highest BCUT2D eigenvalue weighted by molar-refractivity contribution is 7.92. The first-order valence-electron chi connectivity index (χ1n) is 12.3. The number of rotatable bonds is 11. The standard InChI is InChI=1S/C28H30Cl2FN3O4S/c1-4-19(2)32-28(36)20(3)33(17-21-10-12-22(31)13-11-21)27(35)18-34(23-14-15-25(29)26(30)16-23)39(37,38)24-8-6-5-7-9-24/h5-16,19-20H,4,17-18H2,1-3H3,(H,32,36)/t19-,20+/m1/s1. The molecule has 0 radical (unpaired) electrons. The SMILES string of the molecule is CC[C@@H](C)NC(=O)[C@H](C)N(Cc1ccc(F)cc1)C(=O)CN(c1ccc(Cl)c(Cl)c1)S(=O)(=O)c1ccccc1. The van der Waals surface area contributed by atoms with Crippen LogP contribution in [-0.4, -0.2) is 43.8 Å². The molecule has 3 aromatic rings. The predicted octanol–water partition coefficient (Wildman–Crippen LogP) is 5.66. The van der Waals surface area contributed by atoms with Gasteiger partial charge in [-0.15, -0.1) is 0 Å². The van der Waals surface area contributed by atoms with Crippen LogP contribution in [0.2, 0.25) is 10.0 Å². The van der Waals surface area contributed by atoms with Gasteiger partial charge >= 0.3 is 0 Å². The first-order valence-corrected chi connectivity index (χ1v) is 14.5. The van der Waals surface area contributed by atoms with Gasteiger partial charge in [0, 0.05) is 12.6 Å². The van der Waals surface area contributed by atoms with Gasteiger partial charge < -0.3 is 10.2 Å². The van der Waals surface area contributed by atoms with Gasteiger partial charge in [0.2, 0.25) is 11.8 Å². The van der Waals surface area contributed by atoms with Crippen LogP contribution in [0, 0.1) is 5.82 Å². The average molecular weight is 595 g/mol. The molecule has 11 heteroatoms. The molecule has 0 heterocycles. The normalized spacial score (nSPS) is 12.9. The summed E-state index contributed by atoms with van der Waals surface area (Å²) in [5.41, 5.74) is 0.694. The summed E-state index contributed by atoms with van der Waals surface area (Å²) in [6.07, 6.45) is 0.685. The molecule has 2 amide bonds. The fourth-order valence-electron chi connectivity index (χ4n) is 3.72. The van der Waals surface area contributed by atoms with Crippen molar-refractivity contribution in [1.82, 2.24) is 10.2 Å². The Balaban J connectivity index is 2.03. The molecule has 0 spiro atoms. The number of halogens is 3. The molecule has 0 aliphatic rings. The molecule has 0 fully saturated rings. The number of hydrogen-bond donors (Lipinski definition) is 1. The average Bonchev–Trinajstić information content (AvgIpc) is 2.92.